The van der Waals surface area contributed by atoms with Crippen molar-refractivity contribution >= 4 is 11.7 Å². The van der Waals surface area contributed by atoms with Crippen molar-refractivity contribution in [3.63, 3.8) is 0 Å². The zero-order valence-electron chi connectivity index (χ0n) is 30.1. The van der Waals surface area contributed by atoms with Crippen molar-refractivity contribution in [3.8, 4) is 5.75 Å². The molecule has 0 fully saturated rings. The summed E-state index contributed by atoms with van der Waals surface area (Å²) in [6.45, 7) is 11.7. The monoisotopic (exact) mass is 703 g/mol. The highest BCUT2D eigenvalue weighted by atomic mass is 16.6. The minimum Gasteiger partial charge on any atom is -0.491 e. The van der Waals surface area contributed by atoms with Gasteiger partial charge in [0.2, 0.25) is 0 Å². The number of hydrogen-bond donors (Lipinski definition) is 1. The molecule has 0 radical (unpaired) electrons. The minimum absolute atomic E-state index is 0.141. The second-order valence-electron chi connectivity index (χ2n) is 11.0. The van der Waals surface area contributed by atoms with Crippen LogP contribution in [0.4, 0.5) is 5.69 Å². The van der Waals surface area contributed by atoms with Gasteiger partial charge in [0.1, 0.15) is 19.0 Å². The SMILES string of the molecule is CCCCCCCCCC(=O)OCCOCCOCCOCCOCCOCCOCCOCCOCCOCCOc1ccc(N)cc1. The lowest BCUT2D eigenvalue weighted by molar-refractivity contribution is -0.145. The molecule has 13 heteroatoms. The van der Waals surface area contributed by atoms with Gasteiger partial charge in [-0.15, -0.1) is 0 Å². The Bertz CT molecular complexity index is 818. The molecule has 0 amide bonds. The number of ether oxygens (including phenoxy) is 11. The van der Waals surface area contributed by atoms with Crippen molar-refractivity contribution in [2.45, 2.75) is 58.3 Å². The van der Waals surface area contributed by atoms with Crippen molar-refractivity contribution < 1.29 is 56.9 Å². The van der Waals surface area contributed by atoms with E-state index < -0.39 is 0 Å². The van der Waals surface area contributed by atoms with Gasteiger partial charge in [0.15, 0.2) is 0 Å². The lowest BCUT2D eigenvalue weighted by Gasteiger charge is -2.09. The predicted molar refractivity (Wildman–Crippen MR) is 187 cm³/mol. The number of nitrogens with two attached hydrogens (primary N) is 1. The Morgan fingerprint density at radius 2 is 0.776 bits per heavy atom. The van der Waals surface area contributed by atoms with E-state index in [0.29, 0.717) is 138 Å². The highest BCUT2D eigenvalue weighted by Crippen LogP contribution is 2.12. The molecule has 49 heavy (non-hydrogen) atoms. The molecule has 0 aliphatic rings. The molecule has 0 saturated heterocycles. The molecule has 0 bridgehead atoms. The van der Waals surface area contributed by atoms with Crippen molar-refractivity contribution in [3.05, 3.63) is 24.3 Å². The molecule has 1 aromatic rings. The molecule has 1 rings (SSSR count). The number of carbonyl (C=O) groups excluding carboxylic acids is 1. The normalized spacial score (nSPS) is 11.3. The Balaban J connectivity index is 1.64. The van der Waals surface area contributed by atoms with Crippen LogP contribution in [0, 0.1) is 0 Å². The zero-order valence-corrected chi connectivity index (χ0v) is 30.1. The van der Waals surface area contributed by atoms with Crippen molar-refractivity contribution in [2.75, 3.05) is 138 Å². The average Bonchev–Trinajstić information content (AvgIpc) is 3.11. The topological polar surface area (TPSA) is 145 Å². The van der Waals surface area contributed by atoms with E-state index in [1.54, 1.807) is 12.1 Å². The van der Waals surface area contributed by atoms with Crippen LogP contribution in [0.15, 0.2) is 24.3 Å². The van der Waals surface area contributed by atoms with Gasteiger partial charge in [-0.1, -0.05) is 45.4 Å². The molecule has 0 saturated carbocycles. The van der Waals surface area contributed by atoms with E-state index in [-0.39, 0.29) is 12.6 Å². The summed E-state index contributed by atoms with van der Waals surface area (Å²) < 4.78 is 60.0. The van der Waals surface area contributed by atoms with Crippen molar-refractivity contribution in [2.24, 2.45) is 0 Å². The molecule has 0 heterocycles. The number of esters is 1. The van der Waals surface area contributed by atoms with E-state index in [2.05, 4.69) is 6.92 Å². The maximum absolute atomic E-state index is 11.7. The average molecular weight is 704 g/mol. The number of nitrogen functional groups attached to an aromatic ring is 1. The van der Waals surface area contributed by atoms with Gasteiger partial charge < -0.3 is 57.8 Å². The minimum atomic E-state index is -0.141. The molecule has 286 valence electrons. The van der Waals surface area contributed by atoms with Gasteiger partial charge in [-0.2, -0.15) is 0 Å². The summed E-state index contributed by atoms with van der Waals surface area (Å²) in [6.07, 6.45) is 8.79. The van der Waals surface area contributed by atoms with Crippen LogP contribution < -0.4 is 10.5 Å². The first-order chi connectivity index (χ1) is 24.2. The standard InChI is InChI=1S/C36H65NO12/c1-2-3-4-5-6-7-8-9-36(38)49-33-31-47-29-27-45-25-23-43-21-19-41-17-15-39-14-16-40-18-20-42-22-24-44-26-28-46-30-32-48-35-12-10-34(37)11-13-35/h10-13H,2-9,14-33,37H2,1H3. The number of hydrogen-bond acceptors (Lipinski definition) is 13. The highest BCUT2D eigenvalue weighted by Gasteiger charge is 2.03. The lowest BCUT2D eigenvalue weighted by atomic mass is 10.1. The second kappa shape index (κ2) is 37.2. The van der Waals surface area contributed by atoms with Crippen molar-refractivity contribution in [1.29, 1.82) is 0 Å². The van der Waals surface area contributed by atoms with E-state index in [9.17, 15) is 4.79 Å². The molecule has 0 aromatic heterocycles. The van der Waals surface area contributed by atoms with Gasteiger partial charge in [0.25, 0.3) is 0 Å². The maximum atomic E-state index is 11.7. The second-order valence-corrected chi connectivity index (χ2v) is 11.0. The summed E-state index contributed by atoms with van der Waals surface area (Å²) in [4.78, 5) is 11.7. The zero-order chi connectivity index (χ0) is 35.1. The number of carbonyl (C=O) groups is 1. The molecule has 0 atom stereocenters. The smallest absolute Gasteiger partial charge is 0.305 e. The van der Waals surface area contributed by atoms with Crippen LogP contribution in [-0.4, -0.2) is 138 Å². The van der Waals surface area contributed by atoms with Crippen LogP contribution in [-0.2, 0) is 52.2 Å². The Hall–Kier alpha value is -2.07. The summed E-state index contributed by atoms with van der Waals surface area (Å²) in [5.74, 6) is 0.629. The van der Waals surface area contributed by atoms with Crippen molar-refractivity contribution in [1.82, 2.24) is 0 Å². The summed E-state index contributed by atoms with van der Waals surface area (Å²) >= 11 is 0. The first kappa shape index (κ1) is 45.0. The van der Waals surface area contributed by atoms with E-state index >= 15 is 0 Å². The van der Waals surface area contributed by atoms with E-state index in [0.717, 1.165) is 18.6 Å². The fraction of sp³-hybridized carbons (Fsp3) is 0.806. The Kier molecular flexibility index (Phi) is 34.1. The number of anilines is 1. The third-order valence-corrected chi connectivity index (χ3v) is 6.83. The molecular weight excluding hydrogens is 638 g/mol. The highest BCUT2D eigenvalue weighted by molar-refractivity contribution is 5.69. The first-order valence-electron chi connectivity index (χ1n) is 18.1. The number of benzene rings is 1. The largest absolute Gasteiger partial charge is 0.491 e. The molecular formula is C36H65NO12. The number of rotatable bonds is 39. The van der Waals surface area contributed by atoms with Gasteiger partial charge in [-0.3, -0.25) is 4.79 Å². The van der Waals surface area contributed by atoms with Crippen LogP contribution in [0.3, 0.4) is 0 Å². The maximum Gasteiger partial charge on any atom is 0.305 e. The Morgan fingerprint density at radius 1 is 0.449 bits per heavy atom. The molecule has 0 unspecified atom stereocenters. The summed E-state index contributed by atoms with van der Waals surface area (Å²) in [5, 5.41) is 0. The third-order valence-electron chi connectivity index (χ3n) is 6.83. The fourth-order valence-electron chi connectivity index (χ4n) is 4.16. The molecule has 0 spiro atoms. The summed E-state index contributed by atoms with van der Waals surface area (Å²) in [5.41, 5.74) is 6.35. The third kappa shape index (κ3) is 34.2. The number of unbranched alkanes of at least 4 members (excludes halogenated alkanes) is 6. The summed E-state index contributed by atoms with van der Waals surface area (Å²) in [6, 6.07) is 7.26. The van der Waals surface area contributed by atoms with E-state index in [4.69, 9.17) is 57.8 Å². The van der Waals surface area contributed by atoms with E-state index in [1.807, 2.05) is 12.1 Å². The van der Waals surface area contributed by atoms with Gasteiger partial charge in [-0.05, 0) is 30.7 Å². The molecule has 0 aliphatic carbocycles. The lowest BCUT2D eigenvalue weighted by Crippen LogP contribution is -2.15. The van der Waals surface area contributed by atoms with Crippen LogP contribution in [0.2, 0.25) is 0 Å². The molecule has 2 N–H and O–H groups in total. The molecule has 13 nitrogen and oxygen atoms in total. The van der Waals surface area contributed by atoms with Crippen LogP contribution in [0.5, 0.6) is 5.75 Å². The van der Waals surface area contributed by atoms with Gasteiger partial charge in [-0.25, -0.2) is 0 Å². The van der Waals surface area contributed by atoms with Gasteiger partial charge >= 0.3 is 5.97 Å². The quantitative estimate of drug-likeness (QED) is 0.0585. The van der Waals surface area contributed by atoms with E-state index in [1.165, 1.54) is 32.1 Å². The van der Waals surface area contributed by atoms with Gasteiger partial charge in [0, 0.05) is 12.1 Å². The van der Waals surface area contributed by atoms with Crippen LogP contribution in [0.25, 0.3) is 0 Å². The fourth-order valence-corrected chi connectivity index (χ4v) is 4.16. The molecule has 1 aromatic carbocycles. The van der Waals surface area contributed by atoms with Gasteiger partial charge in [0.05, 0.1) is 119 Å². The summed E-state index contributed by atoms with van der Waals surface area (Å²) in [7, 11) is 0. The van der Waals surface area contributed by atoms with Crippen LogP contribution in [0.1, 0.15) is 58.3 Å². The molecule has 0 aliphatic heterocycles. The Morgan fingerprint density at radius 3 is 1.16 bits per heavy atom. The Labute approximate surface area is 294 Å². The predicted octanol–water partition coefficient (Wildman–Crippen LogP) is 4.48. The van der Waals surface area contributed by atoms with Crippen LogP contribution >= 0.6 is 0 Å². The first-order valence-corrected chi connectivity index (χ1v) is 18.1.